The maximum Gasteiger partial charge on any atom is 0.191 e. The first kappa shape index (κ1) is 15.5. The maximum atomic E-state index is 12.3. The number of benzene rings is 2. The van der Waals surface area contributed by atoms with E-state index in [1.165, 1.54) is 0 Å². The molecule has 3 nitrogen and oxygen atoms in total. The minimum Gasteiger partial charge on any atom is -0.497 e. The standard InChI is InChI=1S/C17H17ClO3/c1-12(21-11-14-5-3-4-6-16(14)18)17(19)13-7-9-15(20-2)10-8-13/h3-10,12H,11H2,1-2H3. The zero-order valence-corrected chi connectivity index (χ0v) is 12.8. The molecule has 0 fully saturated rings. The van der Waals surface area contributed by atoms with Crippen LogP contribution in [0, 0.1) is 0 Å². The van der Waals surface area contributed by atoms with Crippen molar-refractivity contribution in [2.24, 2.45) is 0 Å². The van der Waals surface area contributed by atoms with Crippen molar-refractivity contribution in [3.8, 4) is 5.75 Å². The number of ketones is 1. The van der Waals surface area contributed by atoms with E-state index >= 15 is 0 Å². The summed E-state index contributed by atoms with van der Waals surface area (Å²) in [5, 5.41) is 0.640. The van der Waals surface area contributed by atoms with E-state index in [1.807, 2.05) is 18.2 Å². The normalized spacial score (nSPS) is 12.0. The second-order valence-corrected chi connectivity index (χ2v) is 5.04. The maximum absolute atomic E-state index is 12.3. The Morgan fingerprint density at radius 1 is 1.14 bits per heavy atom. The highest BCUT2D eigenvalue weighted by Crippen LogP contribution is 2.18. The molecule has 1 unspecified atom stereocenters. The van der Waals surface area contributed by atoms with Crippen molar-refractivity contribution in [2.75, 3.05) is 7.11 Å². The van der Waals surface area contributed by atoms with Gasteiger partial charge in [0.1, 0.15) is 11.9 Å². The van der Waals surface area contributed by atoms with Crippen molar-refractivity contribution in [3.05, 3.63) is 64.7 Å². The molecule has 0 saturated carbocycles. The fraction of sp³-hybridized carbons (Fsp3) is 0.235. The third-order valence-electron chi connectivity index (χ3n) is 3.19. The summed E-state index contributed by atoms with van der Waals surface area (Å²) in [5.41, 5.74) is 1.47. The molecule has 110 valence electrons. The van der Waals surface area contributed by atoms with Crippen LogP contribution in [0.5, 0.6) is 5.75 Å². The lowest BCUT2D eigenvalue weighted by Gasteiger charge is -2.13. The van der Waals surface area contributed by atoms with Crippen molar-refractivity contribution in [1.82, 2.24) is 0 Å². The Morgan fingerprint density at radius 3 is 2.43 bits per heavy atom. The first-order chi connectivity index (χ1) is 10.1. The quantitative estimate of drug-likeness (QED) is 0.753. The van der Waals surface area contributed by atoms with Crippen LogP contribution in [0.4, 0.5) is 0 Å². The largest absolute Gasteiger partial charge is 0.497 e. The molecule has 21 heavy (non-hydrogen) atoms. The number of methoxy groups -OCH3 is 1. The average molecular weight is 305 g/mol. The summed E-state index contributed by atoms with van der Waals surface area (Å²) in [6.07, 6.45) is -0.533. The van der Waals surface area contributed by atoms with Crippen LogP contribution in [-0.4, -0.2) is 19.0 Å². The Bertz CT molecular complexity index is 608. The third-order valence-corrected chi connectivity index (χ3v) is 3.56. The van der Waals surface area contributed by atoms with E-state index in [4.69, 9.17) is 21.1 Å². The van der Waals surface area contributed by atoms with Gasteiger partial charge >= 0.3 is 0 Å². The second-order valence-electron chi connectivity index (χ2n) is 4.64. The SMILES string of the molecule is COc1ccc(C(=O)C(C)OCc2ccccc2Cl)cc1. The van der Waals surface area contributed by atoms with Gasteiger partial charge in [0.2, 0.25) is 0 Å². The van der Waals surface area contributed by atoms with E-state index in [9.17, 15) is 4.79 Å². The number of carbonyl (C=O) groups is 1. The van der Waals surface area contributed by atoms with E-state index < -0.39 is 6.10 Å². The average Bonchev–Trinajstić information content (AvgIpc) is 2.53. The van der Waals surface area contributed by atoms with Gasteiger partial charge in [-0.1, -0.05) is 29.8 Å². The Labute approximate surface area is 129 Å². The topological polar surface area (TPSA) is 35.5 Å². The minimum atomic E-state index is -0.533. The smallest absolute Gasteiger partial charge is 0.191 e. The molecule has 0 spiro atoms. The zero-order chi connectivity index (χ0) is 15.2. The first-order valence-corrected chi connectivity index (χ1v) is 7.03. The number of hydrogen-bond acceptors (Lipinski definition) is 3. The lowest BCUT2D eigenvalue weighted by atomic mass is 10.1. The van der Waals surface area contributed by atoms with Gasteiger partial charge in [-0.05, 0) is 42.8 Å². The Kier molecular flexibility index (Phi) is 5.37. The van der Waals surface area contributed by atoms with Gasteiger partial charge in [0, 0.05) is 10.6 Å². The molecule has 2 aromatic carbocycles. The number of halogens is 1. The van der Waals surface area contributed by atoms with Gasteiger partial charge in [0.15, 0.2) is 5.78 Å². The molecule has 1 atom stereocenters. The molecule has 0 heterocycles. The number of hydrogen-bond donors (Lipinski definition) is 0. The van der Waals surface area contributed by atoms with E-state index in [2.05, 4.69) is 0 Å². The van der Waals surface area contributed by atoms with Crippen molar-refractivity contribution in [1.29, 1.82) is 0 Å². The molecular weight excluding hydrogens is 288 g/mol. The van der Waals surface area contributed by atoms with Gasteiger partial charge in [-0.15, -0.1) is 0 Å². The molecule has 0 aliphatic heterocycles. The molecule has 0 aromatic heterocycles. The van der Waals surface area contributed by atoms with E-state index in [1.54, 1.807) is 44.4 Å². The molecule has 2 aromatic rings. The summed E-state index contributed by atoms with van der Waals surface area (Å²) in [6, 6.07) is 14.4. The van der Waals surface area contributed by atoms with Crippen LogP contribution in [-0.2, 0) is 11.3 Å². The van der Waals surface area contributed by atoms with Crippen molar-refractivity contribution >= 4 is 17.4 Å². The van der Waals surface area contributed by atoms with Crippen LogP contribution < -0.4 is 4.74 Å². The summed E-state index contributed by atoms with van der Waals surface area (Å²) in [4.78, 5) is 12.3. The van der Waals surface area contributed by atoms with Crippen molar-refractivity contribution in [3.63, 3.8) is 0 Å². The van der Waals surface area contributed by atoms with E-state index in [0.29, 0.717) is 17.2 Å². The predicted octanol–water partition coefficient (Wildman–Crippen LogP) is 4.14. The molecule has 0 bridgehead atoms. The Morgan fingerprint density at radius 2 is 1.81 bits per heavy atom. The van der Waals surface area contributed by atoms with Gasteiger partial charge in [-0.25, -0.2) is 0 Å². The monoisotopic (exact) mass is 304 g/mol. The molecular formula is C17H17ClO3. The Hall–Kier alpha value is -1.84. The van der Waals surface area contributed by atoms with Crippen LogP contribution >= 0.6 is 11.6 Å². The second kappa shape index (κ2) is 7.25. The van der Waals surface area contributed by atoms with Crippen LogP contribution in [0.15, 0.2) is 48.5 Å². The fourth-order valence-corrected chi connectivity index (χ4v) is 2.09. The Balaban J connectivity index is 1.97. The minimum absolute atomic E-state index is 0.0651. The lowest BCUT2D eigenvalue weighted by molar-refractivity contribution is 0.0412. The molecule has 0 aliphatic rings. The van der Waals surface area contributed by atoms with Crippen LogP contribution in [0.2, 0.25) is 5.02 Å². The molecule has 0 saturated heterocycles. The van der Waals surface area contributed by atoms with Crippen LogP contribution in [0.1, 0.15) is 22.8 Å². The van der Waals surface area contributed by atoms with Crippen molar-refractivity contribution < 1.29 is 14.3 Å². The highest BCUT2D eigenvalue weighted by Gasteiger charge is 2.16. The highest BCUT2D eigenvalue weighted by atomic mass is 35.5. The molecule has 0 N–H and O–H groups in total. The summed E-state index contributed by atoms with van der Waals surface area (Å²) in [7, 11) is 1.59. The summed E-state index contributed by atoms with van der Waals surface area (Å²) in [5.74, 6) is 0.654. The van der Waals surface area contributed by atoms with Crippen molar-refractivity contribution in [2.45, 2.75) is 19.6 Å². The first-order valence-electron chi connectivity index (χ1n) is 6.65. The summed E-state index contributed by atoms with van der Waals surface area (Å²) in [6.45, 7) is 2.05. The number of Topliss-reactive ketones (excluding diaryl/α,β-unsaturated/α-hetero) is 1. The van der Waals surface area contributed by atoms with Gasteiger partial charge < -0.3 is 9.47 Å². The number of rotatable bonds is 6. The van der Waals surface area contributed by atoms with E-state index in [0.717, 1.165) is 11.3 Å². The molecule has 4 heteroatoms. The highest BCUT2D eigenvalue weighted by molar-refractivity contribution is 6.31. The van der Waals surface area contributed by atoms with Crippen LogP contribution in [0.25, 0.3) is 0 Å². The third kappa shape index (κ3) is 4.06. The number of carbonyl (C=O) groups excluding carboxylic acids is 1. The van der Waals surface area contributed by atoms with E-state index in [-0.39, 0.29) is 5.78 Å². The summed E-state index contributed by atoms with van der Waals surface area (Å²) < 4.78 is 10.7. The molecule has 0 amide bonds. The van der Waals surface area contributed by atoms with Crippen LogP contribution in [0.3, 0.4) is 0 Å². The molecule has 2 rings (SSSR count). The number of ether oxygens (including phenoxy) is 2. The molecule has 0 aliphatic carbocycles. The summed E-state index contributed by atoms with van der Waals surface area (Å²) >= 11 is 6.06. The van der Waals surface area contributed by atoms with Gasteiger partial charge in [-0.2, -0.15) is 0 Å². The fourth-order valence-electron chi connectivity index (χ4n) is 1.90. The molecule has 0 radical (unpaired) electrons. The zero-order valence-electron chi connectivity index (χ0n) is 12.0. The van der Waals surface area contributed by atoms with Gasteiger partial charge in [0.05, 0.1) is 13.7 Å². The van der Waals surface area contributed by atoms with Gasteiger partial charge in [-0.3, -0.25) is 4.79 Å². The lowest BCUT2D eigenvalue weighted by Crippen LogP contribution is -2.20. The van der Waals surface area contributed by atoms with Gasteiger partial charge in [0.25, 0.3) is 0 Å². The predicted molar refractivity (Wildman–Crippen MR) is 83.0 cm³/mol.